The minimum Gasteiger partial charge on any atom is -0.487 e. The fourth-order valence-electron chi connectivity index (χ4n) is 1.54. The van der Waals surface area contributed by atoms with Crippen LogP contribution < -0.4 is 4.74 Å². The van der Waals surface area contributed by atoms with Gasteiger partial charge in [0.2, 0.25) is 5.82 Å². The van der Waals surface area contributed by atoms with Crippen molar-refractivity contribution < 1.29 is 14.1 Å². The van der Waals surface area contributed by atoms with Crippen LogP contribution in [-0.2, 0) is 6.61 Å². The largest absolute Gasteiger partial charge is 0.487 e. The van der Waals surface area contributed by atoms with Crippen molar-refractivity contribution in [2.24, 2.45) is 0 Å². The number of halogens is 3. The second-order valence-electron chi connectivity index (χ2n) is 3.88. The van der Waals surface area contributed by atoms with Crippen LogP contribution >= 0.6 is 23.2 Å². The molecule has 7 heteroatoms. The molecule has 0 fully saturated rings. The zero-order valence-corrected chi connectivity index (χ0v) is 11.5. The Hall–Kier alpha value is -1.85. The molecule has 2 aromatic rings. The van der Waals surface area contributed by atoms with Gasteiger partial charge >= 0.3 is 5.69 Å². The SMILES string of the molecule is O=[N+]([O-])c1ccc(COc2cccc(Cl)c2Cl)cc1F. The molecular formula is C13H8Cl2FNO3. The average Bonchev–Trinajstić information content (AvgIpc) is 2.40. The maximum absolute atomic E-state index is 13.4. The normalized spacial score (nSPS) is 10.3. The maximum Gasteiger partial charge on any atom is 0.304 e. The van der Waals surface area contributed by atoms with Crippen LogP contribution in [0.25, 0.3) is 0 Å². The summed E-state index contributed by atoms with van der Waals surface area (Å²) in [7, 11) is 0. The van der Waals surface area contributed by atoms with Gasteiger partial charge in [0, 0.05) is 6.07 Å². The molecule has 2 aromatic carbocycles. The molecule has 0 saturated heterocycles. The first-order valence-electron chi connectivity index (χ1n) is 5.48. The van der Waals surface area contributed by atoms with Gasteiger partial charge in [-0.05, 0) is 29.8 Å². The summed E-state index contributed by atoms with van der Waals surface area (Å²) in [5.74, 6) is -0.550. The predicted octanol–water partition coefficient (Wildman–Crippen LogP) is 4.62. The lowest BCUT2D eigenvalue weighted by Gasteiger charge is -2.09. The Bertz CT molecular complexity index is 664. The Balaban J connectivity index is 2.13. The van der Waals surface area contributed by atoms with Gasteiger partial charge in [0.15, 0.2) is 0 Å². The van der Waals surface area contributed by atoms with Crippen LogP contribution in [0.3, 0.4) is 0 Å². The molecule has 0 aliphatic heterocycles. The van der Waals surface area contributed by atoms with Crippen molar-refractivity contribution in [3.8, 4) is 5.75 Å². The van der Waals surface area contributed by atoms with E-state index in [0.29, 0.717) is 16.3 Å². The molecule has 0 radical (unpaired) electrons. The molecule has 0 N–H and O–H groups in total. The van der Waals surface area contributed by atoms with E-state index < -0.39 is 16.4 Å². The highest BCUT2D eigenvalue weighted by Crippen LogP contribution is 2.32. The summed E-state index contributed by atoms with van der Waals surface area (Å²) < 4.78 is 18.8. The monoisotopic (exact) mass is 315 g/mol. The van der Waals surface area contributed by atoms with Crippen LogP contribution in [0.4, 0.5) is 10.1 Å². The lowest BCUT2D eigenvalue weighted by Crippen LogP contribution is -1.99. The van der Waals surface area contributed by atoms with E-state index in [9.17, 15) is 14.5 Å². The molecule has 0 unspecified atom stereocenters. The number of nitrogens with zero attached hydrogens (tertiary/aromatic N) is 1. The van der Waals surface area contributed by atoms with Gasteiger partial charge in [0.25, 0.3) is 0 Å². The third-order valence-electron chi connectivity index (χ3n) is 2.52. The molecule has 0 atom stereocenters. The number of rotatable bonds is 4. The van der Waals surface area contributed by atoms with Crippen LogP contribution in [0.5, 0.6) is 5.75 Å². The van der Waals surface area contributed by atoms with Crippen molar-refractivity contribution in [1.29, 1.82) is 0 Å². The van der Waals surface area contributed by atoms with Gasteiger partial charge in [0.05, 0.1) is 9.95 Å². The Morgan fingerprint density at radius 2 is 2.00 bits per heavy atom. The highest BCUT2D eigenvalue weighted by Gasteiger charge is 2.14. The third kappa shape index (κ3) is 3.18. The Kier molecular flexibility index (Phi) is 4.42. The fourth-order valence-corrected chi connectivity index (χ4v) is 1.89. The summed E-state index contributed by atoms with van der Waals surface area (Å²) in [5.41, 5.74) is -0.126. The molecule has 0 bridgehead atoms. The van der Waals surface area contributed by atoms with Crippen LogP contribution in [0, 0.1) is 15.9 Å². The molecule has 4 nitrogen and oxygen atoms in total. The van der Waals surface area contributed by atoms with Crippen molar-refractivity contribution in [1.82, 2.24) is 0 Å². The Morgan fingerprint density at radius 1 is 1.25 bits per heavy atom. The zero-order valence-electron chi connectivity index (χ0n) is 9.98. The van der Waals surface area contributed by atoms with Gasteiger partial charge in [-0.25, -0.2) is 0 Å². The van der Waals surface area contributed by atoms with E-state index in [1.165, 1.54) is 6.07 Å². The van der Waals surface area contributed by atoms with Gasteiger partial charge < -0.3 is 4.74 Å². The van der Waals surface area contributed by atoms with Crippen molar-refractivity contribution in [2.75, 3.05) is 0 Å². The molecule has 2 rings (SSSR count). The van der Waals surface area contributed by atoms with Crippen LogP contribution in [0.1, 0.15) is 5.56 Å². The second kappa shape index (κ2) is 6.07. The number of benzene rings is 2. The van der Waals surface area contributed by atoms with Crippen LogP contribution in [-0.4, -0.2) is 4.92 Å². The summed E-state index contributed by atoms with van der Waals surface area (Å²) >= 11 is 11.8. The summed E-state index contributed by atoms with van der Waals surface area (Å²) in [5, 5.41) is 11.1. The average molecular weight is 316 g/mol. The minimum atomic E-state index is -0.909. The lowest BCUT2D eigenvalue weighted by molar-refractivity contribution is -0.387. The molecule has 20 heavy (non-hydrogen) atoms. The number of nitro benzene ring substituents is 1. The maximum atomic E-state index is 13.4. The molecule has 0 aliphatic rings. The molecule has 0 saturated carbocycles. The predicted molar refractivity (Wildman–Crippen MR) is 73.8 cm³/mol. The molecule has 0 spiro atoms. The van der Waals surface area contributed by atoms with Crippen molar-refractivity contribution in [3.63, 3.8) is 0 Å². The number of ether oxygens (including phenoxy) is 1. The second-order valence-corrected chi connectivity index (χ2v) is 4.67. The first kappa shape index (κ1) is 14.6. The summed E-state index contributed by atoms with van der Waals surface area (Å²) in [6.45, 7) is 0.0228. The van der Waals surface area contributed by atoms with Crippen molar-refractivity contribution in [3.05, 3.63) is 67.9 Å². The van der Waals surface area contributed by atoms with E-state index in [0.717, 1.165) is 12.1 Å². The van der Waals surface area contributed by atoms with Gasteiger partial charge in [-0.2, -0.15) is 4.39 Å². The molecule has 0 aliphatic carbocycles. The zero-order chi connectivity index (χ0) is 14.7. The highest BCUT2D eigenvalue weighted by molar-refractivity contribution is 6.42. The van der Waals surface area contributed by atoms with Crippen LogP contribution in [0.2, 0.25) is 10.0 Å². The van der Waals surface area contributed by atoms with E-state index >= 15 is 0 Å². The van der Waals surface area contributed by atoms with Crippen molar-refractivity contribution in [2.45, 2.75) is 6.61 Å². The van der Waals surface area contributed by atoms with E-state index in [1.807, 2.05) is 0 Å². The van der Waals surface area contributed by atoms with Gasteiger partial charge in [-0.3, -0.25) is 10.1 Å². The highest BCUT2D eigenvalue weighted by atomic mass is 35.5. The van der Waals surface area contributed by atoms with Gasteiger partial charge in [-0.15, -0.1) is 0 Å². The molecular weight excluding hydrogens is 308 g/mol. The smallest absolute Gasteiger partial charge is 0.304 e. The standard InChI is InChI=1S/C13H8Cl2FNO3/c14-9-2-1-3-12(13(9)15)20-7-8-4-5-11(17(18)19)10(16)6-8/h1-6H,7H2. The molecule has 0 heterocycles. The number of hydrogen-bond acceptors (Lipinski definition) is 3. The fraction of sp³-hybridized carbons (Fsp3) is 0.0769. The quantitative estimate of drug-likeness (QED) is 0.611. The molecule has 104 valence electrons. The van der Waals surface area contributed by atoms with Crippen LogP contribution in [0.15, 0.2) is 36.4 Å². The first-order valence-corrected chi connectivity index (χ1v) is 6.24. The van der Waals surface area contributed by atoms with Gasteiger partial charge in [0.1, 0.15) is 17.4 Å². The van der Waals surface area contributed by atoms with E-state index in [1.54, 1.807) is 18.2 Å². The number of hydrogen-bond donors (Lipinski definition) is 0. The summed E-state index contributed by atoms with van der Waals surface area (Å²) in [4.78, 5) is 9.71. The lowest BCUT2D eigenvalue weighted by atomic mass is 10.2. The van der Waals surface area contributed by atoms with E-state index in [2.05, 4.69) is 0 Å². The Morgan fingerprint density at radius 3 is 2.65 bits per heavy atom. The van der Waals surface area contributed by atoms with E-state index in [-0.39, 0.29) is 11.6 Å². The number of nitro groups is 1. The van der Waals surface area contributed by atoms with E-state index in [4.69, 9.17) is 27.9 Å². The summed E-state index contributed by atoms with van der Waals surface area (Å²) in [6.07, 6.45) is 0. The third-order valence-corrected chi connectivity index (χ3v) is 3.32. The minimum absolute atomic E-state index is 0.0228. The summed E-state index contributed by atoms with van der Waals surface area (Å²) in [6, 6.07) is 8.46. The Labute approximate surface area is 123 Å². The topological polar surface area (TPSA) is 52.4 Å². The molecule has 0 amide bonds. The first-order chi connectivity index (χ1) is 9.49. The van der Waals surface area contributed by atoms with Gasteiger partial charge in [-0.1, -0.05) is 29.3 Å². The molecule has 0 aromatic heterocycles. The van der Waals surface area contributed by atoms with Crippen molar-refractivity contribution >= 4 is 28.9 Å².